The van der Waals surface area contributed by atoms with Gasteiger partial charge in [0.05, 0.1) is 18.8 Å². The first-order chi connectivity index (χ1) is 25.7. The maximum absolute atomic E-state index is 12.3. The molecule has 4 nitrogen and oxygen atoms in total. The number of hydrogen-bond donors (Lipinski definition) is 3. The fourth-order valence-corrected chi connectivity index (χ4v) is 6.86. The third kappa shape index (κ3) is 39.6. The number of unbranched alkanes of at least 4 members (excludes halogenated alkanes) is 29. The normalized spacial score (nSPS) is 13.4. The number of carbonyl (C=O) groups excluding carboxylic acids is 1. The van der Waals surface area contributed by atoms with Gasteiger partial charge in [-0.25, -0.2) is 0 Å². The van der Waals surface area contributed by atoms with Crippen molar-refractivity contribution in [1.29, 1.82) is 0 Å². The van der Waals surface area contributed by atoms with Gasteiger partial charge in [-0.1, -0.05) is 210 Å². The molecule has 0 heterocycles. The molecule has 0 saturated carbocycles. The summed E-state index contributed by atoms with van der Waals surface area (Å²) in [6, 6.07) is -0.642. The molecule has 0 rings (SSSR count). The van der Waals surface area contributed by atoms with E-state index in [0.29, 0.717) is 6.42 Å². The highest BCUT2D eigenvalue weighted by atomic mass is 16.3. The zero-order valence-corrected chi connectivity index (χ0v) is 34.8. The van der Waals surface area contributed by atoms with Crippen molar-refractivity contribution in [2.45, 2.75) is 244 Å². The number of hydrogen-bond acceptors (Lipinski definition) is 3. The molecule has 2 unspecified atom stereocenters. The van der Waals surface area contributed by atoms with E-state index in [1.807, 2.05) is 13.0 Å². The van der Waals surface area contributed by atoms with Crippen LogP contribution in [0, 0.1) is 0 Å². The Kier molecular flexibility index (Phi) is 42.4. The fourth-order valence-electron chi connectivity index (χ4n) is 6.86. The van der Waals surface area contributed by atoms with Crippen LogP contribution in [0.1, 0.15) is 232 Å². The van der Waals surface area contributed by atoms with Gasteiger partial charge in [-0.15, -0.1) is 0 Å². The van der Waals surface area contributed by atoms with Gasteiger partial charge in [0.1, 0.15) is 0 Å². The molecule has 304 valence electrons. The summed E-state index contributed by atoms with van der Waals surface area (Å²) in [5.74, 6) is -0.0796. The first kappa shape index (κ1) is 50.4. The molecule has 1 amide bonds. The Balaban J connectivity index is 3.42. The van der Waals surface area contributed by atoms with Crippen LogP contribution in [0.4, 0.5) is 0 Å². The van der Waals surface area contributed by atoms with E-state index < -0.39 is 12.1 Å². The molecular weight excluding hydrogens is 639 g/mol. The second kappa shape index (κ2) is 43.8. The van der Waals surface area contributed by atoms with Crippen molar-refractivity contribution in [2.75, 3.05) is 6.61 Å². The fraction of sp³-hybridized carbons (Fsp3) is 0.812. The molecular formula is C48H89NO3. The van der Waals surface area contributed by atoms with Gasteiger partial charge in [-0.2, -0.15) is 0 Å². The average Bonchev–Trinajstić information content (AvgIpc) is 3.15. The van der Waals surface area contributed by atoms with Crippen LogP contribution in [0.5, 0.6) is 0 Å². The van der Waals surface area contributed by atoms with Crippen molar-refractivity contribution in [3.05, 3.63) is 48.6 Å². The summed E-state index contributed by atoms with van der Waals surface area (Å²) in [5, 5.41) is 22.8. The highest BCUT2D eigenvalue weighted by Gasteiger charge is 2.17. The zero-order valence-electron chi connectivity index (χ0n) is 34.8. The largest absolute Gasteiger partial charge is 0.394 e. The second-order valence-corrected chi connectivity index (χ2v) is 15.5. The Morgan fingerprint density at radius 3 is 1.23 bits per heavy atom. The first-order valence-electron chi connectivity index (χ1n) is 22.8. The number of carbonyl (C=O) groups is 1. The molecule has 0 bridgehead atoms. The molecule has 0 saturated heterocycles. The smallest absolute Gasteiger partial charge is 0.220 e. The molecule has 4 heteroatoms. The van der Waals surface area contributed by atoms with Crippen LogP contribution < -0.4 is 5.32 Å². The van der Waals surface area contributed by atoms with Crippen molar-refractivity contribution >= 4 is 5.91 Å². The van der Waals surface area contributed by atoms with Gasteiger partial charge in [0.2, 0.25) is 5.91 Å². The molecule has 0 aliphatic heterocycles. The van der Waals surface area contributed by atoms with E-state index in [4.69, 9.17) is 0 Å². The predicted octanol–water partition coefficient (Wildman–Crippen LogP) is 14.4. The van der Waals surface area contributed by atoms with E-state index in [9.17, 15) is 15.0 Å². The number of rotatable bonds is 41. The van der Waals surface area contributed by atoms with Gasteiger partial charge in [-0.05, 0) is 64.7 Å². The maximum atomic E-state index is 12.3. The molecule has 0 aromatic rings. The minimum absolute atomic E-state index is 0.0796. The quantitative estimate of drug-likeness (QED) is 0.0434. The molecule has 0 aliphatic rings. The Morgan fingerprint density at radius 2 is 0.827 bits per heavy atom. The van der Waals surface area contributed by atoms with Gasteiger partial charge in [-0.3, -0.25) is 4.79 Å². The van der Waals surface area contributed by atoms with Crippen molar-refractivity contribution < 1.29 is 15.0 Å². The standard InChI is InChI=1S/C48H89NO3/c1-3-5-7-9-11-13-14-15-16-17-18-19-20-21-22-23-24-25-26-27-28-29-30-31-32-33-34-36-38-40-42-44-48(52)49-46(45-50)47(51)43-41-39-37-35-12-10-8-6-4-2/h4,6,12,17-18,35,41,43,46-47,50-51H,3,5,7-11,13-16,19-34,36-40,42,44-45H2,1-2H3,(H,49,52)/b6-4+,18-17-,35-12+,43-41+. The van der Waals surface area contributed by atoms with Gasteiger partial charge in [0, 0.05) is 6.42 Å². The molecule has 0 aromatic heterocycles. The Morgan fingerprint density at radius 1 is 0.481 bits per heavy atom. The highest BCUT2D eigenvalue weighted by molar-refractivity contribution is 5.76. The molecule has 0 aliphatic carbocycles. The summed E-state index contributed by atoms with van der Waals surface area (Å²) in [6.45, 7) is 4.06. The molecule has 0 aromatic carbocycles. The summed E-state index contributed by atoms with van der Waals surface area (Å²) >= 11 is 0. The van der Waals surface area contributed by atoms with E-state index in [1.165, 1.54) is 173 Å². The van der Waals surface area contributed by atoms with E-state index >= 15 is 0 Å². The minimum Gasteiger partial charge on any atom is -0.394 e. The lowest BCUT2D eigenvalue weighted by Crippen LogP contribution is -2.45. The topological polar surface area (TPSA) is 69.6 Å². The summed E-state index contributed by atoms with van der Waals surface area (Å²) in [6.07, 6.45) is 59.8. The van der Waals surface area contributed by atoms with Crippen LogP contribution >= 0.6 is 0 Å². The zero-order chi connectivity index (χ0) is 37.8. The number of aliphatic hydroxyl groups excluding tert-OH is 2. The average molecular weight is 728 g/mol. The van der Waals surface area contributed by atoms with Crippen molar-refractivity contribution in [3.8, 4) is 0 Å². The van der Waals surface area contributed by atoms with Gasteiger partial charge >= 0.3 is 0 Å². The molecule has 2 atom stereocenters. The number of allylic oxidation sites excluding steroid dienone is 7. The summed E-state index contributed by atoms with van der Waals surface area (Å²) in [4.78, 5) is 12.3. The Bertz CT molecular complexity index is 831. The monoisotopic (exact) mass is 728 g/mol. The second-order valence-electron chi connectivity index (χ2n) is 15.5. The number of nitrogens with one attached hydrogen (secondary N) is 1. The summed E-state index contributed by atoms with van der Waals surface area (Å²) in [5.41, 5.74) is 0. The van der Waals surface area contributed by atoms with Crippen LogP contribution in [0.15, 0.2) is 48.6 Å². The lowest BCUT2D eigenvalue weighted by atomic mass is 10.0. The van der Waals surface area contributed by atoms with Crippen LogP contribution in [0.25, 0.3) is 0 Å². The van der Waals surface area contributed by atoms with E-state index in [2.05, 4.69) is 48.7 Å². The van der Waals surface area contributed by atoms with Crippen LogP contribution in [-0.2, 0) is 4.79 Å². The van der Waals surface area contributed by atoms with Crippen LogP contribution in [0.2, 0.25) is 0 Å². The van der Waals surface area contributed by atoms with E-state index in [0.717, 1.165) is 38.5 Å². The molecule has 0 fully saturated rings. The minimum atomic E-state index is -0.866. The molecule has 52 heavy (non-hydrogen) atoms. The third-order valence-electron chi connectivity index (χ3n) is 10.4. The van der Waals surface area contributed by atoms with Gasteiger partial charge < -0.3 is 15.5 Å². The lowest BCUT2D eigenvalue weighted by molar-refractivity contribution is -0.123. The number of aliphatic hydroxyl groups is 2. The third-order valence-corrected chi connectivity index (χ3v) is 10.4. The SMILES string of the molecule is C/C=C/CC/C=C/CC/C=C/C(O)C(CO)NC(=O)CCCCCCCCCCCCCCCCCCCCC/C=C\CCCCCCCCCC. The first-order valence-corrected chi connectivity index (χ1v) is 22.8. The molecule has 0 spiro atoms. The van der Waals surface area contributed by atoms with Crippen molar-refractivity contribution in [1.82, 2.24) is 5.32 Å². The van der Waals surface area contributed by atoms with Gasteiger partial charge in [0.25, 0.3) is 0 Å². The van der Waals surface area contributed by atoms with Gasteiger partial charge in [0.15, 0.2) is 0 Å². The predicted molar refractivity (Wildman–Crippen MR) is 230 cm³/mol. The number of amides is 1. The molecule has 3 N–H and O–H groups in total. The van der Waals surface area contributed by atoms with Crippen LogP contribution in [-0.4, -0.2) is 34.9 Å². The van der Waals surface area contributed by atoms with Crippen LogP contribution in [0.3, 0.4) is 0 Å². The Hall–Kier alpha value is -1.65. The lowest BCUT2D eigenvalue weighted by Gasteiger charge is -2.19. The Labute approximate surface area is 324 Å². The van der Waals surface area contributed by atoms with E-state index in [-0.39, 0.29) is 12.5 Å². The summed E-state index contributed by atoms with van der Waals surface area (Å²) < 4.78 is 0. The molecule has 0 radical (unpaired) electrons. The summed E-state index contributed by atoms with van der Waals surface area (Å²) in [7, 11) is 0. The maximum Gasteiger partial charge on any atom is 0.220 e. The van der Waals surface area contributed by atoms with Crippen molar-refractivity contribution in [2.24, 2.45) is 0 Å². The van der Waals surface area contributed by atoms with Crippen molar-refractivity contribution in [3.63, 3.8) is 0 Å². The highest BCUT2D eigenvalue weighted by Crippen LogP contribution is 2.16. The van der Waals surface area contributed by atoms with E-state index in [1.54, 1.807) is 6.08 Å².